The van der Waals surface area contributed by atoms with Crippen LogP contribution < -0.4 is 5.32 Å². The summed E-state index contributed by atoms with van der Waals surface area (Å²) in [6.45, 7) is 3.21. The molecule has 0 radical (unpaired) electrons. The molecule has 1 N–H and O–H groups in total. The third-order valence-corrected chi connectivity index (χ3v) is 7.47. The minimum absolute atomic E-state index is 0.400. The van der Waals surface area contributed by atoms with Crippen LogP contribution in [0.5, 0.6) is 0 Å². The molecule has 4 bridgehead atoms. The maximum Gasteiger partial charge on any atom is 0.226 e. The van der Waals surface area contributed by atoms with E-state index >= 15 is 0 Å². The molecule has 3 heteroatoms. The van der Waals surface area contributed by atoms with E-state index in [1.54, 1.807) is 0 Å². The SMILES string of the molecule is O=C(C1C2CC3CC(C2)CC1C3)N1CCCC2CNCC21. The van der Waals surface area contributed by atoms with Crippen molar-refractivity contribution in [2.75, 3.05) is 19.6 Å². The van der Waals surface area contributed by atoms with Crippen LogP contribution in [0.2, 0.25) is 0 Å². The van der Waals surface area contributed by atoms with E-state index in [0.29, 0.717) is 17.9 Å². The van der Waals surface area contributed by atoms with Crippen LogP contribution >= 0.6 is 0 Å². The number of hydrogen-bond acceptors (Lipinski definition) is 2. The van der Waals surface area contributed by atoms with Crippen LogP contribution in [0.1, 0.15) is 44.9 Å². The first kappa shape index (κ1) is 12.9. The second kappa shape index (κ2) is 4.71. The largest absolute Gasteiger partial charge is 0.338 e. The molecule has 4 aliphatic carbocycles. The lowest BCUT2D eigenvalue weighted by Crippen LogP contribution is -2.56. The Morgan fingerprint density at radius 1 is 0.905 bits per heavy atom. The summed E-state index contributed by atoms with van der Waals surface area (Å²) in [6.07, 6.45) is 9.48. The lowest BCUT2D eigenvalue weighted by atomic mass is 9.51. The van der Waals surface area contributed by atoms with Crippen LogP contribution in [0, 0.1) is 35.5 Å². The third kappa shape index (κ3) is 1.92. The maximum atomic E-state index is 13.3. The molecule has 6 rings (SSSR count). The Hall–Kier alpha value is -0.570. The van der Waals surface area contributed by atoms with Gasteiger partial charge in [0.15, 0.2) is 0 Å². The zero-order valence-corrected chi connectivity index (χ0v) is 13.0. The van der Waals surface area contributed by atoms with E-state index in [9.17, 15) is 4.79 Å². The van der Waals surface area contributed by atoms with Crippen LogP contribution in [0.15, 0.2) is 0 Å². The summed E-state index contributed by atoms with van der Waals surface area (Å²) in [5.74, 6) is 5.11. The maximum absolute atomic E-state index is 13.3. The first-order valence-corrected chi connectivity index (χ1v) is 9.31. The zero-order chi connectivity index (χ0) is 14.0. The van der Waals surface area contributed by atoms with Crippen molar-refractivity contribution in [2.24, 2.45) is 35.5 Å². The average Bonchev–Trinajstić information content (AvgIpc) is 2.94. The molecule has 21 heavy (non-hydrogen) atoms. The minimum Gasteiger partial charge on any atom is -0.338 e. The van der Waals surface area contributed by atoms with Crippen molar-refractivity contribution in [3.63, 3.8) is 0 Å². The van der Waals surface area contributed by atoms with Crippen LogP contribution in [0.3, 0.4) is 0 Å². The number of fused-ring (bicyclic) bond motifs is 1. The summed E-state index contributed by atoms with van der Waals surface area (Å²) in [5, 5.41) is 3.52. The zero-order valence-electron chi connectivity index (χ0n) is 13.0. The summed E-state index contributed by atoms with van der Waals surface area (Å²) in [5.41, 5.74) is 0. The molecule has 116 valence electrons. The second-order valence-corrected chi connectivity index (χ2v) is 8.62. The van der Waals surface area contributed by atoms with Gasteiger partial charge in [-0.15, -0.1) is 0 Å². The summed E-state index contributed by atoms with van der Waals surface area (Å²) in [7, 11) is 0. The quantitative estimate of drug-likeness (QED) is 0.803. The molecule has 1 amide bonds. The number of likely N-dealkylation sites (tertiary alicyclic amines) is 1. The van der Waals surface area contributed by atoms with E-state index in [2.05, 4.69) is 10.2 Å². The Bertz CT molecular complexity index is 420. The van der Waals surface area contributed by atoms with Gasteiger partial charge in [-0.25, -0.2) is 0 Å². The highest BCUT2D eigenvalue weighted by Gasteiger charge is 2.52. The molecule has 0 aromatic carbocycles. The summed E-state index contributed by atoms with van der Waals surface area (Å²) < 4.78 is 0. The Balaban J connectivity index is 1.38. The molecular weight excluding hydrogens is 260 g/mol. The van der Waals surface area contributed by atoms with Crippen molar-refractivity contribution in [2.45, 2.75) is 51.0 Å². The lowest BCUT2D eigenvalue weighted by molar-refractivity contribution is -0.153. The molecule has 2 unspecified atom stereocenters. The number of nitrogens with zero attached hydrogens (tertiary/aromatic N) is 1. The molecule has 6 aliphatic rings. The fourth-order valence-corrected chi connectivity index (χ4v) is 6.86. The summed E-state index contributed by atoms with van der Waals surface area (Å²) in [4.78, 5) is 15.6. The van der Waals surface area contributed by atoms with Crippen molar-refractivity contribution >= 4 is 5.91 Å². The Morgan fingerprint density at radius 3 is 2.33 bits per heavy atom. The van der Waals surface area contributed by atoms with Gasteiger partial charge in [-0.1, -0.05) is 0 Å². The van der Waals surface area contributed by atoms with Crippen molar-refractivity contribution in [3.8, 4) is 0 Å². The van der Waals surface area contributed by atoms with Crippen LogP contribution in [0.4, 0.5) is 0 Å². The summed E-state index contributed by atoms with van der Waals surface area (Å²) >= 11 is 0. The monoisotopic (exact) mass is 288 g/mol. The van der Waals surface area contributed by atoms with E-state index in [-0.39, 0.29) is 0 Å². The molecule has 0 aromatic rings. The number of amides is 1. The highest BCUT2D eigenvalue weighted by atomic mass is 16.2. The topological polar surface area (TPSA) is 32.3 Å². The molecule has 0 spiro atoms. The molecule has 4 saturated carbocycles. The van der Waals surface area contributed by atoms with Gasteiger partial charge in [-0.3, -0.25) is 4.79 Å². The smallest absolute Gasteiger partial charge is 0.226 e. The van der Waals surface area contributed by atoms with Gasteiger partial charge in [0.05, 0.1) is 0 Å². The van der Waals surface area contributed by atoms with Gasteiger partial charge < -0.3 is 10.2 Å². The second-order valence-electron chi connectivity index (χ2n) is 8.62. The molecule has 2 saturated heterocycles. The van der Waals surface area contributed by atoms with Gasteiger partial charge in [0.25, 0.3) is 0 Å². The average molecular weight is 288 g/mol. The first-order valence-electron chi connectivity index (χ1n) is 9.31. The van der Waals surface area contributed by atoms with Gasteiger partial charge >= 0.3 is 0 Å². The number of nitrogens with one attached hydrogen (secondary N) is 1. The molecule has 0 aromatic heterocycles. The predicted molar refractivity (Wildman–Crippen MR) is 81.6 cm³/mol. The molecule has 3 nitrogen and oxygen atoms in total. The highest BCUT2D eigenvalue weighted by molar-refractivity contribution is 5.80. The number of hydrogen-bond donors (Lipinski definition) is 1. The Labute approximate surface area is 127 Å². The number of carbonyl (C=O) groups excluding carboxylic acids is 1. The molecule has 2 atom stereocenters. The van der Waals surface area contributed by atoms with Crippen LogP contribution in [0.25, 0.3) is 0 Å². The van der Waals surface area contributed by atoms with Gasteiger partial charge in [0.2, 0.25) is 5.91 Å². The lowest BCUT2D eigenvalue weighted by Gasteiger charge is -2.55. The Morgan fingerprint density at radius 2 is 1.62 bits per heavy atom. The van der Waals surface area contributed by atoms with Crippen molar-refractivity contribution in [1.29, 1.82) is 0 Å². The minimum atomic E-state index is 0.400. The molecular formula is C18H28N2O. The van der Waals surface area contributed by atoms with Crippen LogP contribution in [-0.2, 0) is 4.79 Å². The number of piperidine rings is 1. The van der Waals surface area contributed by atoms with E-state index in [1.807, 2.05) is 0 Å². The summed E-state index contributed by atoms with van der Waals surface area (Å²) in [6, 6.07) is 0.517. The van der Waals surface area contributed by atoms with Crippen molar-refractivity contribution < 1.29 is 4.79 Å². The Kier molecular flexibility index (Phi) is 2.90. The molecule has 6 fully saturated rings. The van der Waals surface area contributed by atoms with Gasteiger partial charge in [0.1, 0.15) is 0 Å². The van der Waals surface area contributed by atoms with Gasteiger partial charge in [-0.05, 0) is 74.5 Å². The predicted octanol–water partition coefficient (Wildman–Crippen LogP) is 2.27. The standard InChI is InChI=1S/C18H28N2O/c21-18(20-3-1-2-13-9-19-10-16(13)20)17-14-5-11-4-12(7-14)8-15(17)6-11/h11-17,19H,1-10H2. The first-order chi connectivity index (χ1) is 10.3. The van der Waals surface area contributed by atoms with E-state index < -0.39 is 0 Å². The van der Waals surface area contributed by atoms with Gasteiger partial charge in [-0.2, -0.15) is 0 Å². The normalized spacial score (nSPS) is 51.2. The van der Waals surface area contributed by atoms with E-state index in [0.717, 1.165) is 49.2 Å². The third-order valence-electron chi connectivity index (χ3n) is 7.47. The van der Waals surface area contributed by atoms with Gasteiger partial charge in [0, 0.05) is 31.6 Å². The molecule has 2 aliphatic heterocycles. The fourth-order valence-electron chi connectivity index (χ4n) is 6.86. The van der Waals surface area contributed by atoms with E-state index in [1.165, 1.54) is 44.9 Å². The van der Waals surface area contributed by atoms with Crippen molar-refractivity contribution in [1.82, 2.24) is 10.2 Å². The fraction of sp³-hybridized carbons (Fsp3) is 0.944. The highest BCUT2D eigenvalue weighted by Crippen LogP contribution is 2.57. The van der Waals surface area contributed by atoms with Crippen LogP contribution in [-0.4, -0.2) is 36.5 Å². The number of carbonyl (C=O) groups is 1. The molecule has 2 heterocycles. The van der Waals surface area contributed by atoms with E-state index in [4.69, 9.17) is 0 Å². The number of rotatable bonds is 1. The van der Waals surface area contributed by atoms with Crippen molar-refractivity contribution in [3.05, 3.63) is 0 Å².